The van der Waals surface area contributed by atoms with Crippen molar-refractivity contribution in [2.75, 3.05) is 13.2 Å². The van der Waals surface area contributed by atoms with Crippen LogP contribution in [0, 0.1) is 11.8 Å². The standard InChI is InChI=1S/C12H16N2O/c1-2-10(8-13-4-1)15-5-3-9-7-14-12-6-11(9)12/h1-2,4,8-9,11-12,14H,3,5-7H2. The number of hydrogen-bond donors (Lipinski definition) is 1. The summed E-state index contributed by atoms with van der Waals surface area (Å²) in [5, 5.41) is 3.52. The predicted molar refractivity (Wildman–Crippen MR) is 57.7 cm³/mol. The highest BCUT2D eigenvalue weighted by molar-refractivity contribution is 5.15. The zero-order valence-electron chi connectivity index (χ0n) is 8.73. The number of piperidine rings is 1. The quantitative estimate of drug-likeness (QED) is 0.806. The molecule has 2 heterocycles. The van der Waals surface area contributed by atoms with E-state index in [9.17, 15) is 0 Å². The molecule has 0 bridgehead atoms. The summed E-state index contributed by atoms with van der Waals surface area (Å²) < 4.78 is 5.64. The lowest BCUT2D eigenvalue weighted by Gasteiger charge is -2.11. The lowest BCUT2D eigenvalue weighted by molar-refractivity contribution is 0.273. The zero-order chi connectivity index (χ0) is 10.1. The minimum atomic E-state index is 0.821. The third-order valence-corrected chi connectivity index (χ3v) is 3.48. The van der Waals surface area contributed by atoms with E-state index >= 15 is 0 Å². The normalized spacial score (nSPS) is 32.4. The van der Waals surface area contributed by atoms with Crippen molar-refractivity contribution in [1.29, 1.82) is 0 Å². The van der Waals surface area contributed by atoms with Gasteiger partial charge in [-0.15, -0.1) is 0 Å². The maximum atomic E-state index is 5.64. The first kappa shape index (κ1) is 9.16. The second kappa shape index (κ2) is 3.81. The van der Waals surface area contributed by atoms with Crippen LogP contribution in [0.3, 0.4) is 0 Å². The van der Waals surface area contributed by atoms with Gasteiger partial charge in [-0.05, 0) is 43.4 Å². The van der Waals surface area contributed by atoms with Crippen molar-refractivity contribution in [2.24, 2.45) is 11.8 Å². The van der Waals surface area contributed by atoms with Gasteiger partial charge in [0.1, 0.15) is 5.75 Å². The fourth-order valence-corrected chi connectivity index (χ4v) is 2.50. The van der Waals surface area contributed by atoms with Gasteiger partial charge in [-0.2, -0.15) is 0 Å². The molecule has 1 aliphatic carbocycles. The lowest BCUT2D eigenvalue weighted by atomic mass is 10.0. The van der Waals surface area contributed by atoms with Crippen molar-refractivity contribution >= 4 is 0 Å². The van der Waals surface area contributed by atoms with Gasteiger partial charge in [0.2, 0.25) is 0 Å². The van der Waals surface area contributed by atoms with Crippen LogP contribution in [-0.2, 0) is 0 Å². The zero-order valence-corrected chi connectivity index (χ0v) is 8.73. The predicted octanol–water partition coefficient (Wildman–Crippen LogP) is 1.46. The van der Waals surface area contributed by atoms with Crippen LogP contribution in [0.5, 0.6) is 5.75 Å². The second-order valence-electron chi connectivity index (χ2n) is 4.50. The molecule has 0 amide bonds. The molecule has 1 N–H and O–H groups in total. The molecule has 3 rings (SSSR count). The van der Waals surface area contributed by atoms with Crippen LogP contribution in [0.1, 0.15) is 12.8 Å². The number of rotatable bonds is 4. The van der Waals surface area contributed by atoms with E-state index in [4.69, 9.17) is 4.74 Å². The molecule has 0 aromatic carbocycles. The second-order valence-corrected chi connectivity index (χ2v) is 4.50. The molecule has 1 aromatic rings. The molecule has 2 aliphatic rings. The van der Waals surface area contributed by atoms with E-state index in [1.807, 2.05) is 12.1 Å². The summed E-state index contributed by atoms with van der Waals surface area (Å²) >= 11 is 0. The molecule has 1 saturated carbocycles. The lowest BCUT2D eigenvalue weighted by Crippen LogP contribution is -2.17. The Kier molecular flexibility index (Phi) is 2.33. The maximum Gasteiger partial charge on any atom is 0.137 e. The van der Waals surface area contributed by atoms with Gasteiger partial charge >= 0.3 is 0 Å². The van der Waals surface area contributed by atoms with Gasteiger partial charge < -0.3 is 10.1 Å². The molecule has 3 heteroatoms. The van der Waals surface area contributed by atoms with Crippen LogP contribution in [0.2, 0.25) is 0 Å². The van der Waals surface area contributed by atoms with Gasteiger partial charge in [-0.25, -0.2) is 0 Å². The molecule has 1 aromatic heterocycles. The average molecular weight is 204 g/mol. The fourth-order valence-electron chi connectivity index (χ4n) is 2.50. The van der Waals surface area contributed by atoms with Crippen molar-refractivity contribution < 1.29 is 4.74 Å². The Labute approximate surface area is 89.9 Å². The van der Waals surface area contributed by atoms with Crippen LogP contribution in [0.25, 0.3) is 0 Å². The van der Waals surface area contributed by atoms with Gasteiger partial charge in [0.15, 0.2) is 0 Å². The largest absolute Gasteiger partial charge is 0.492 e. The fraction of sp³-hybridized carbons (Fsp3) is 0.583. The first-order valence-electron chi connectivity index (χ1n) is 5.70. The average Bonchev–Trinajstić information content (AvgIpc) is 2.96. The molecule has 15 heavy (non-hydrogen) atoms. The maximum absolute atomic E-state index is 5.64. The monoisotopic (exact) mass is 204 g/mol. The summed E-state index contributed by atoms with van der Waals surface area (Å²) in [7, 11) is 0. The van der Waals surface area contributed by atoms with Crippen LogP contribution >= 0.6 is 0 Å². The van der Waals surface area contributed by atoms with E-state index in [0.29, 0.717) is 0 Å². The smallest absolute Gasteiger partial charge is 0.137 e. The number of aromatic nitrogens is 1. The number of hydrogen-bond acceptors (Lipinski definition) is 3. The van der Waals surface area contributed by atoms with E-state index in [-0.39, 0.29) is 0 Å². The number of fused-ring (bicyclic) bond motifs is 1. The Morgan fingerprint density at radius 3 is 3.20 bits per heavy atom. The van der Waals surface area contributed by atoms with E-state index < -0.39 is 0 Å². The van der Waals surface area contributed by atoms with Gasteiger partial charge in [0, 0.05) is 12.2 Å². The summed E-state index contributed by atoms with van der Waals surface area (Å²) in [5.41, 5.74) is 0. The summed E-state index contributed by atoms with van der Waals surface area (Å²) in [6.07, 6.45) is 6.09. The van der Waals surface area contributed by atoms with Gasteiger partial charge in [-0.1, -0.05) is 0 Å². The van der Waals surface area contributed by atoms with Crippen LogP contribution in [-0.4, -0.2) is 24.2 Å². The van der Waals surface area contributed by atoms with Gasteiger partial charge in [-0.3, -0.25) is 4.98 Å². The molecule has 2 fully saturated rings. The highest BCUT2D eigenvalue weighted by Crippen LogP contribution is 2.43. The minimum Gasteiger partial charge on any atom is -0.492 e. The van der Waals surface area contributed by atoms with E-state index in [1.165, 1.54) is 19.4 Å². The molecule has 3 atom stereocenters. The van der Waals surface area contributed by atoms with Crippen LogP contribution in [0.15, 0.2) is 24.5 Å². The van der Waals surface area contributed by atoms with Crippen molar-refractivity contribution in [3.8, 4) is 5.75 Å². The third-order valence-electron chi connectivity index (χ3n) is 3.48. The molecule has 80 valence electrons. The molecule has 1 aliphatic heterocycles. The molecule has 0 spiro atoms. The topological polar surface area (TPSA) is 34.1 Å². The number of pyridine rings is 1. The third kappa shape index (κ3) is 1.97. The van der Waals surface area contributed by atoms with Crippen LogP contribution in [0.4, 0.5) is 0 Å². The Morgan fingerprint density at radius 2 is 2.53 bits per heavy atom. The van der Waals surface area contributed by atoms with Crippen molar-refractivity contribution in [1.82, 2.24) is 10.3 Å². The Hall–Kier alpha value is -1.09. The minimum absolute atomic E-state index is 0.821. The number of nitrogens with one attached hydrogen (secondary N) is 1. The highest BCUT2D eigenvalue weighted by atomic mass is 16.5. The number of ether oxygens (including phenoxy) is 1. The summed E-state index contributed by atoms with van der Waals surface area (Å²) in [6.45, 7) is 2.01. The van der Waals surface area contributed by atoms with Gasteiger partial charge in [0.25, 0.3) is 0 Å². The van der Waals surface area contributed by atoms with Gasteiger partial charge in [0.05, 0.1) is 12.8 Å². The van der Waals surface area contributed by atoms with Crippen molar-refractivity contribution in [3.63, 3.8) is 0 Å². The molecule has 0 radical (unpaired) electrons. The molecular formula is C12H16N2O. The van der Waals surface area contributed by atoms with Crippen LogP contribution < -0.4 is 10.1 Å². The molecule has 3 nitrogen and oxygen atoms in total. The molecule has 1 saturated heterocycles. The SMILES string of the molecule is c1cncc(OCCC2CNC3CC23)c1. The highest BCUT2D eigenvalue weighted by Gasteiger charge is 2.47. The Morgan fingerprint density at radius 1 is 1.53 bits per heavy atom. The number of nitrogens with zero attached hydrogens (tertiary/aromatic N) is 1. The first-order valence-corrected chi connectivity index (χ1v) is 5.70. The molecular weight excluding hydrogens is 188 g/mol. The summed E-state index contributed by atoms with van der Waals surface area (Å²) in [5.74, 6) is 2.67. The van der Waals surface area contributed by atoms with E-state index in [1.54, 1.807) is 12.4 Å². The van der Waals surface area contributed by atoms with E-state index in [0.717, 1.165) is 30.2 Å². The van der Waals surface area contributed by atoms with Crippen molar-refractivity contribution in [2.45, 2.75) is 18.9 Å². The summed E-state index contributed by atoms with van der Waals surface area (Å²) in [6, 6.07) is 4.71. The Bertz CT molecular complexity index is 328. The molecule has 3 unspecified atom stereocenters. The summed E-state index contributed by atoms with van der Waals surface area (Å²) in [4.78, 5) is 4.02. The van der Waals surface area contributed by atoms with E-state index in [2.05, 4.69) is 10.3 Å². The Balaban J connectivity index is 1.43. The van der Waals surface area contributed by atoms with Crippen molar-refractivity contribution in [3.05, 3.63) is 24.5 Å². The first-order chi connectivity index (χ1) is 7.43.